The summed E-state index contributed by atoms with van der Waals surface area (Å²) in [4.78, 5) is 25.5. The lowest BCUT2D eigenvalue weighted by Crippen LogP contribution is -2.27. The number of fused-ring (bicyclic) bond motifs is 1. The third kappa shape index (κ3) is 5.26. The molecule has 0 bridgehead atoms. The van der Waals surface area contributed by atoms with E-state index in [4.69, 9.17) is 16.3 Å². The van der Waals surface area contributed by atoms with Crippen molar-refractivity contribution in [2.75, 3.05) is 17.3 Å². The Morgan fingerprint density at radius 3 is 2.46 bits per heavy atom. The van der Waals surface area contributed by atoms with E-state index >= 15 is 0 Å². The number of anilines is 1. The van der Waals surface area contributed by atoms with Gasteiger partial charge in [-0.1, -0.05) is 23.7 Å². The highest BCUT2D eigenvalue weighted by molar-refractivity contribution is 7.92. The first kappa shape index (κ1) is 26.4. The zero-order chi connectivity index (χ0) is 26.9. The van der Waals surface area contributed by atoms with Gasteiger partial charge in [0.25, 0.3) is 0 Å². The molecule has 0 unspecified atom stereocenters. The van der Waals surface area contributed by atoms with E-state index in [0.29, 0.717) is 10.8 Å². The van der Waals surface area contributed by atoms with Crippen LogP contribution >= 0.6 is 11.6 Å². The van der Waals surface area contributed by atoms with Crippen LogP contribution in [0.15, 0.2) is 59.8 Å². The standard InChI is InChI=1S/C26H27ClN4O5S/c1-5-36-26(33)15-37(34,35)21-8-6-18(7-9-21)17(2)31(16-32)25-12-22-23(27)10-19(11-24(22)30(25)4)20-13-28-29(3)14-20/h6-14,16-17H,5,15H2,1-4H3/t17-/m1/s1. The minimum atomic E-state index is -3.84. The van der Waals surface area contributed by atoms with Crippen LogP contribution in [0.25, 0.3) is 22.0 Å². The van der Waals surface area contributed by atoms with Gasteiger partial charge in [-0.2, -0.15) is 5.10 Å². The molecule has 0 aliphatic heterocycles. The third-order valence-corrected chi connectivity index (χ3v) is 8.17. The van der Waals surface area contributed by atoms with Gasteiger partial charge in [0.15, 0.2) is 15.6 Å². The minimum Gasteiger partial charge on any atom is -0.465 e. The van der Waals surface area contributed by atoms with Gasteiger partial charge in [-0.25, -0.2) is 8.42 Å². The number of hydrogen-bond acceptors (Lipinski definition) is 6. The van der Waals surface area contributed by atoms with Crippen molar-refractivity contribution in [3.63, 3.8) is 0 Å². The molecule has 2 aromatic heterocycles. The van der Waals surface area contributed by atoms with Crippen LogP contribution < -0.4 is 4.90 Å². The van der Waals surface area contributed by atoms with Gasteiger partial charge in [0.2, 0.25) is 6.41 Å². The number of ether oxygens (including phenoxy) is 1. The highest BCUT2D eigenvalue weighted by atomic mass is 35.5. The molecule has 4 aromatic rings. The van der Waals surface area contributed by atoms with Crippen molar-refractivity contribution < 1.29 is 22.7 Å². The molecule has 0 aliphatic carbocycles. The van der Waals surface area contributed by atoms with E-state index < -0.39 is 27.6 Å². The van der Waals surface area contributed by atoms with E-state index in [2.05, 4.69) is 5.10 Å². The number of halogens is 1. The van der Waals surface area contributed by atoms with Crippen LogP contribution in [-0.2, 0) is 38.3 Å². The maximum Gasteiger partial charge on any atom is 0.321 e. The van der Waals surface area contributed by atoms with Gasteiger partial charge >= 0.3 is 5.97 Å². The average Bonchev–Trinajstić information content (AvgIpc) is 3.43. The summed E-state index contributed by atoms with van der Waals surface area (Å²) in [7, 11) is -0.139. The molecule has 0 spiro atoms. The Bertz CT molecular complexity index is 1570. The molecule has 0 fully saturated rings. The molecular formula is C26H27ClN4O5S. The monoisotopic (exact) mass is 542 g/mol. The largest absolute Gasteiger partial charge is 0.465 e. The Balaban J connectivity index is 1.65. The Morgan fingerprint density at radius 2 is 1.86 bits per heavy atom. The number of nitrogens with zero attached hydrogens (tertiary/aromatic N) is 4. The molecule has 2 aromatic carbocycles. The molecule has 1 amide bonds. The van der Waals surface area contributed by atoms with Crippen molar-refractivity contribution in [3.05, 3.63) is 65.4 Å². The molecule has 194 valence electrons. The fraction of sp³-hybridized carbons (Fsp3) is 0.269. The fourth-order valence-electron chi connectivity index (χ4n) is 4.26. The number of hydrogen-bond donors (Lipinski definition) is 0. The predicted octanol–water partition coefficient (Wildman–Crippen LogP) is 4.29. The van der Waals surface area contributed by atoms with Crippen LogP contribution in [-0.4, -0.2) is 47.5 Å². The molecule has 9 nitrogen and oxygen atoms in total. The normalized spacial score (nSPS) is 12.5. The molecule has 1 atom stereocenters. The Hall–Kier alpha value is -3.63. The fourth-order valence-corrected chi connectivity index (χ4v) is 5.64. The summed E-state index contributed by atoms with van der Waals surface area (Å²) in [5, 5.41) is 5.57. The van der Waals surface area contributed by atoms with E-state index in [1.807, 2.05) is 50.0 Å². The molecule has 0 aliphatic rings. The van der Waals surface area contributed by atoms with Gasteiger partial charge in [0.1, 0.15) is 5.82 Å². The van der Waals surface area contributed by atoms with Crippen LogP contribution in [0.4, 0.5) is 5.82 Å². The minimum absolute atomic E-state index is 0.00785. The van der Waals surface area contributed by atoms with Gasteiger partial charge in [0, 0.05) is 31.2 Å². The first-order valence-electron chi connectivity index (χ1n) is 11.6. The maximum absolute atomic E-state index is 12.5. The van der Waals surface area contributed by atoms with Gasteiger partial charge in [-0.3, -0.25) is 19.2 Å². The number of aryl methyl sites for hydroxylation is 2. The number of carbonyl (C=O) groups excluding carboxylic acids is 2. The number of carbonyl (C=O) groups is 2. The molecule has 0 N–H and O–H groups in total. The summed E-state index contributed by atoms with van der Waals surface area (Å²) in [6.07, 6.45) is 4.40. The summed E-state index contributed by atoms with van der Waals surface area (Å²) in [5.41, 5.74) is 3.40. The zero-order valence-electron chi connectivity index (χ0n) is 20.9. The van der Waals surface area contributed by atoms with Crippen molar-refractivity contribution >= 4 is 50.5 Å². The molecule has 37 heavy (non-hydrogen) atoms. The van der Waals surface area contributed by atoms with Crippen LogP contribution in [0, 0.1) is 0 Å². The predicted molar refractivity (Wildman–Crippen MR) is 142 cm³/mol. The summed E-state index contributed by atoms with van der Waals surface area (Å²) in [6.45, 7) is 3.57. The summed E-state index contributed by atoms with van der Waals surface area (Å²) < 4.78 is 33.4. The Morgan fingerprint density at radius 1 is 1.16 bits per heavy atom. The van der Waals surface area contributed by atoms with E-state index in [-0.39, 0.29) is 11.5 Å². The van der Waals surface area contributed by atoms with Gasteiger partial charge < -0.3 is 9.30 Å². The number of aromatic nitrogens is 3. The summed E-state index contributed by atoms with van der Waals surface area (Å²) >= 11 is 6.63. The lowest BCUT2D eigenvalue weighted by molar-refractivity contribution is -0.139. The smallest absolute Gasteiger partial charge is 0.321 e. The lowest BCUT2D eigenvalue weighted by atomic mass is 10.1. The highest BCUT2D eigenvalue weighted by Gasteiger charge is 2.24. The second-order valence-corrected chi connectivity index (χ2v) is 11.1. The molecule has 2 heterocycles. The van der Waals surface area contributed by atoms with E-state index in [1.165, 1.54) is 12.1 Å². The molecule has 0 radical (unpaired) electrons. The van der Waals surface area contributed by atoms with Crippen molar-refractivity contribution in [1.29, 1.82) is 0 Å². The van der Waals surface area contributed by atoms with Gasteiger partial charge in [-0.15, -0.1) is 0 Å². The number of amides is 1. The quantitative estimate of drug-likeness (QED) is 0.231. The average molecular weight is 543 g/mol. The van der Waals surface area contributed by atoms with Gasteiger partial charge in [-0.05, 0) is 55.3 Å². The van der Waals surface area contributed by atoms with Crippen LogP contribution in [0.5, 0.6) is 0 Å². The van der Waals surface area contributed by atoms with Crippen LogP contribution in [0.2, 0.25) is 5.02 Å². The Labute approximate surface area is 220 Å². The lowest BCUT2D eigenvalue weighted by Gasteiger charge is -2.26. The topological polar surface area (TPSA) is 104 Å². The highest BCUT2D eigenvalue weighted by Crippen LogP contribution is 2.37. The Kier molecular flexibility index (Phi) is 7.42. The summed E-state index contributed by atoms with van der Waals surface area (Å²) in [6, 6.07) is 11.4. The van der Waals surface area contributed by atoms with Crippen LogP contribution in [0.1, 0.15) is 25.5 Å². The van der Waals surface area contributed by atoms with Crippen molar-refractivity contribution in [2.45, 2.75) is 24.8 Å². The van der Waals surface area contributed by atoms with E-state index in [1.54, 1.807) is 34.8 Å². The van der Waals surface area contributed by atoms with Gasteiger partial charge in [0.05, 0.1) is 34.3 Å². The van der Waals surface area contributed by atoms with Crippen LogP contribution in [0.3, 0.4) is 0 Å². The number of rotatable bonds is 9. The van der Waals surface area contributed by atoms with Crippen molar-refractivity contribution in [2.24, 2.45) is 14.1 Å². The second-order valence-electron chi connectivity index (χ2n) is 8.68. The SMILES string of the molecule is CCOC(=O)CS(=O)(=O)c1ccc([C@@H](C)N(C=O)c2cc3c(Cl)cc(-c4cnn(C)c4)cc3n2C)cc1. The van der Waals surface area contributed by atoms with E-state index in [9.17, 15) is 18.0 Å². The first-order valence-corrected chi connectivity index (χ1v) is 13.6. The molecule has 0 saturated carbocycles. The molecular weight excluding hydrogens is 516 g/mol. The summed E-state index contributed by atoms with van der Waals surface area (Å²) in [5.74, 6) is -0.900. The molecule has 11 heteroatoms. The van der Waals surface area contributed by atoms with Crippen molar-refractivity contribution in [1.82, 2.24) is 14.3 Å². The second kappa shape index (κ2) is 10.4. The number of esters is 1. The maximum atomic E-state index is 12.5. The van der Waals surface area contributed by atoms with Crippen molar-refractivity contribution in [3.8, 4) is 11.1 Å². The zero-order valence-corrected chi connectivity index (χ0v) is 22.5. The third-order valence-electron chi connectivity index (χ3n) is 6.25. The number of benzene rings is 2. The first-order chi connectivity index (χ1) is 17.6. The number of sulfone groups is 1. The molecule has 4 rings (SSSR count). The molecule has 0 saturated heterocycles. The van der Waals surface area contributed by atoms with E-state index in [0.717, 1.165) is 34.0 Å².